The fourth-order valence-corrected chi connectivity index (χ4v) is 3.35. The summed E-state index contributed by atoms with van der Waals surface area (Å²) in [5.74, 6) is -1.34. The average molecular weight is 397 g/mol. The highest BCUT2D eigenvalue weighted by atomic mass is 19.4. The van der Waals surface area contributed by atoms with E-state index in [4.69, 9.17) is 0 Å². The van der Waals surface area contributed by atoms with Crippen LogP contribution in [0.3, 0.4) is 0 Å². The molecule has 1 saturated heterocycles. The molecule has 1 aliphatic rings. The average Bonchev–Trinajstić information content (AvgIpc) is 2.97. The van der Waals surface area contributed by atoms with Gasteiger partial charge in [-0.1, -0.05) is 6.07 Å². The number of nitrogens with zero attached hydrogens (tertiary/aromatic N) is 5. The lowest BCUT2D eigenvalue weighted by molar-refractivity contribution is -0.147. The van der Waals surface area contributed by atoms with Crippen LogP contribution in [0.15, 0.2) is 29.1 Å². The second-order valence-electron chi connectivity index (χ2n) is 7.08. The molecule has 3 rings (SSSR count). The molecule has 2 heterocycles. The number of piperidine rings is 1. The molecule has 2 aromatic rings. The molecule has 0 radical (unpaired) electrons. The summed E-state index contributed by atoms with van der Waals surface area (Å²) in [6.07, 6.45) is -3.95. The smallest absolute Gasteiger partial charge is 0.378 e. The van der Waals surface area contributed by atoms with Crippen molar-refractivity contribution < 1.29 is 18.0 Å². The third-order valence-corrected chi connectivity index (χ3v) is 4.96. The van der Waals surface area contributed by atoms with Gasteiger partial charge in [-0.05, 0) is 31.0 Å². The topological polar surface area (TPSA) is 63.4 Å². The zero-order valence-corrected chi connectivity index (χ0v) is 15.9. The predicted octanol–water partition coefficient (Wildman–Crippen LogP) is 2.14. The van der Waals surface area contributed by atoms with Crippen molar-refractivity contribution in [1.82, 2.24) is 19.2 Å². The summed E-state index contributed by atoms with van der Waals surface area (Å²) in [6, 6.07) is 6.77. The van der Waals surface area contributed by atoms with Crippen molar-refractivity contribution in [1.29, 1.82) is 0 Å². The van der Waals surface area contributed by atoms with E-state index in [0.29, 0.717) is 36.1 Å². The molecule has 0 saturated carbocycles. The lowest BCUT2D eigenvalue weighted by Crippen LogP contribution is -2.41. The monoisotopic (exact) mass is 397 g/mol. The molecule has 0 atom stereocenters. The minimum absolute atomic E-state index is 0.133. The van der Waals surface area contributed by atoms with Crippen LogP contribution in [0.5, 0.6) is 0 Å². The van der Waals surface area contributed by atoms with Crippen LogP contribution in [-0.2, 0) is 13.2 Å². The number of aromatic nitrogens is 3. The molecule has 0 spiro atoms. The molecule has 1 amide bonds. The van der Waals surface area contributed by atoms with E-state index in [1.807, 2.05) is 25.1 Å². The van der Waals surface area contributed by atoms with Crippen LogP contribution in [0, 0.1) is 0 Å². The van der Waals surface area contributed by atoms with Crippen LogP contribution in [0.4, 0.5) is 18.9 Å². The van der Waals surface area contributed by atoms with Gasteiger partial charge in [-0.25, -0.2) is 9.48 Å². The Labute approximate surface area is 160 Å². The first-order valence-electron chi connectivity index (χ1n) is 8.89. The summed E-state index contributed by atoms with van der Waals surface area (Å²) in [5.41, 5.74) is 0.662. The molecule has 152 valence electrons. The summed E-state index contributed by atoms with van der Waals surface area (Å²) in [7, 11) is 4.83. The van der Waals surface area contributed by atoms with Crippen LogP contribution >= 0.6 is 0 Å². The second-order valence-corrected chi connectivity index (χ2v) is 7.08. The molecule has 0 unspecified atom stereocenters. The summed E-state index contributed by atoms with van der Waals surface area (Å²) in [5, 5.41) is 3.50. The molecule has 1 aromatic heterocycles. The quantitative estimate of drug-likeness (QED) is 0.796. The van der Waals surface area contributed by atoms with E-state index in [1.54, 1.807) is 23.1 Å². The maximum atomic E-state index is 13.0. The van der Waals surface area contributed by atoms with Gasteiger partial charge in [0.1, 0.15) is 0 Å². The van der Waals surface area contributed by atoms with E-state index in [2.05, 4.69) is 5.10 Å². The highest BCUT2D eigenvalue weighted by Gasteiger charge is 2.39. The number of alkyl halides is 3. The zero-order valence-electron chi connectivity index (χ0n) is 15.9. The maximum absolute atomic E-state index is 13.0. The molecule has 0 bridgehead atoms. The first kappa shape index (κ1) is 20.0. The molecule has 1 fully saturated rings. The Kier molecular flexibility index (Phi) is 5.22. The van der Waals surface area contributed by atoms with Gasteiger partial charge in [0.15, 0.2) is 0 Å². The van der Waals surface area contributed by atoms with Gasteiger partial charge in [0, 0.05) is 45.5 Å². The molecule has 0 aliphatic carbocycles. The molecule has 28 heavy (non-hydrogen) atoms. The minimum Gasteiger partial charge on any atom is -0.378 e. The van der Waals surface area contributed by atoms with E-state index < -0.39 is 23.7 Å². The number of anilines is 1. The Balaban J connectivity index is 1.72. The molecule has 1 aliphatic heterocycles. The van der Waals surface area contributed by atoms with Crippen molar-refractivity contribution in [3.8, 4) is 0 Å². The van der Waals surface area contributed by atoms with Crippen LogP contribution in [0.1, 0.15) is 35.1 Å². The summed E-state index contributed by atoms with van der Waals surface area (Å²) >= 11 is 0. The molecular weight excluding hydrogens is 375 g/mol. The van der Waals surface area contributed by atoms with Crippen molar-refractivity contribution in [3.63, 3.8) is 0 Å². The van der Waals surface area contributed by atoms with E-state index in [1.165, 1.54) is 0 Å². The fourth-order valence-electron chi connectivity index (χ4n) is 3.35. The van der Waals surface area contributed by atoms with Crippen LogP contribution in [0.25, 0.3) is 0 Å². The molecule has 0 N–H and O–H groups in total. The van der Waals surface area contributed by atoms with E-state index in [-0.39, 0.29) is 5.91 Å². The first-order valence-corrected chi connectivity index (χ1v) is 8.89. The Bertz CT molecular complexity index is 924. The summed E-state index contributed by atoms with van der Waals surface area (Å²) in [4.78, 5) is 28.5. The van der Waals surface area contributed by atoms with Gasteiger partial charge in [-0.3, -0.25) is 9.36 Å². The van der Waals surface area contributed by atoms with Crippen LogP contribution < -0.4 is 10.6 Å². The van der Waals surface area contributed by atoms with Gasteiger partial charge in [0.05, 0.1) is 6.04 Å². The van der Waals surface area contributed by atoms with Gasteiger partial charge >= 0.3 is 11.9 Å². The third-order valence-electron chi connectivity index (χ3n) is 4.96. The molecule has 10 heteroatoms. The van der Waals surface area contributed by atoms with Crippen molar-refractivity contribution in [2.45, 2.75) is 25.1 Å². The Morgan fingerprint density at radius 3 is 2.39 bits per heavy atom. The van der Waals surface area contributed by atoms with Gasteiger partial charge < -0.3 is 9.80 Å². The van der Waals surface area contributed by atoms with Gasteiger partial charge in [0.2, 0.25) is 5.82 Å². The lowest BCUT2D eigenvalue weighted by atomic mass is 10.0. The third kappa shape index (κ3) is 3.76. The molecule has 1 aromatic carbocycles. The van der Waals surface area contributed by atoms with Gasteiger partial charge in [-0.15, -0.1) is 5.10 Å². The minimum atomic E-state index is -4.69. The fraction of sp³-hybridized carbons (Fsp3) is 0.500. The SMILES string of the molecule is CN(C)c1cccc(C(=O)N2CCC(n3nc(C(F)(F)F)n(C)c3=O)CC2)c1. The highest BCUT2D eigenvalue weighted by Crippen LogP contribution is 2.28. The maximum Gasteiger partial charge on any atom is 0.451 e. The number of carbonyl (C=O) groups is 1. The van der Waals surface area contributed by atoms with Crippen LogP contribution in [-0.4, -0.2) is 52.3 Å². The Morgan fingerprint density at radius 1 is 1.21 bits per heavy atom. The number of carbonyl (C=O) groups excluding carboxylic acids is 1. The summed E-state index contributed by atoms with van der Waals surface area (Å²) in [6.45, 7) is 0.695. The number of hydrogen-bond acceptors (Lipinski definition) is 4. The first-order chi connectivity index (χ1) is 13.1. The number of hydrogen-bond donors (Lipinski definition) is 0. The van der Waals surface area contributed by atoms with Crippen molar-refractivity contribution in [3.05, 3.63) is 46.1 Å². The van der Waals surface area contributed by atoms with Crippen LogP contribution in [0.2, 0.25) is 0 Å². The number of benzene rings is 1. The Hall–Kier alpha value is -2.78. The molecule has 7 nitrogen and oxygen atoms in total. The molecular formula is C18H22F3N5O2. The highest BCUT2D eigenvalue weighted by molar-refractivity contribution is 5.95. The largest absolute Gasteiger partial charge is 0.451 e. The van der Waals surface area contributed by atoms with E-state index in [9.17, 15) is 22.8 Å². The number of likely N-dealkylation sites (tertiary alicyclic amines) is 1. The van der Waals surface area contributed by atoms with Crippen molar-refractivity contribution in [2.24, 2.45) is 7.05 Å². The van der Waals surface area contributed by atoms with Crippen molar-refractivity contribution in [2.75, 3.05) is 32.1 Å². The lowest BCUT2D eigenvalue weighted by Gasteiger charge is -2.31. The van der Waals surface area contributed by atoms with E-state index >= 15 is 0 Å². The van der Waals surface area contributed by atoms with Gasteiger partial charge in [-0.2, -0.15) is 13.2 Å². The number of rotatable bonds is 3. The zero-order chi connectivity index (χ0) is 20.6. The predicted molar refractivity (Wildman–Crippen MR) is 97.4 cm³/mol. The Morgan fingerprint density at radius 2 is 1.86 bits per heavy atom. The van der Waals surface area contributed by atoms with Gasteiger partial charge in [0.25, 0.3) is 5.91 Å². The van der Waals surface area contributed by atoms with E-state index in [0.717, 1.165) is 17.4 Å². The van der Waals surface area contributed by atoms with Crippen molar-refractivity contribution >= 4 is 11.6 Å². The normalized spacial score (nSPS) is 15.7. The number of amides is 1. The second kappa shape index (κ2) is 7.33. The summed E-state index contributed by atoms with van der Waals surface area (Å²) < 4.78 is 40.3. The standard InChI is InChI=1S/C18H22F3N5O2/c1-23(2)14-6-4-5-12(11-14)15(27)25-9-7-13(8-10-25)26-17(28)24(3)16(22-26)18(19,20)21/h4-6,11,13H,7-10H2,1-3H3. The number of halogens is 3.